The van der Waals surface area contributed by atoms with Crippen molar-refractivity contribution >= 4 is 11.9 Å². The van der Waals surface area contributed by atoms with Crippen LogP contribution in [0.2, 0.25) is 0 Å². The molecular weight excluding hydrogens is 320 g/mol. The van der Waals surface area contributed by atoms with Crippen LogP contribution in [0.4, 0.5) is 5.95 Å². The van der Waals surface area contributed by atoms with E-state index in [2.05, 4.69) is 25.9 Å². The van der Waals surface area contributed by atoms with Gasteiger partial charge in [-0.05, 0) is 45.7 Å². The number of piperidine rings is 1. The number of anilines is 1. The predicted octanol–water partition coefficient (Wildman–Crippen LogP) is 2.02. The lowest BCUT2D eigenvalue weighted by Crippen LogP contribution is -2.27. The number of amides is 1. The molecule has 2 N–H and O–H groups in total. The van der Waals surface area contributed by atoms with Crippen molar-refractivity contribution in [2.45, 2.75) is 51.9 Å². The van der Waals surface area contributed by atoms with E-state index in [1.54, 1.807) is 4.68 Å². The number of carbonyl (C=O) groups excluding carboxylic acids is 1. The minimum atomic E-state index is -0.0835. The second-order valence-electron chi connectivity index (χ2n) is 6.83. The summed E-state index contributed by atoms with van der Waals surface area (Å²) in [6.45, 7) is 7.74. The molecule has 0 aliphatic carbocycles. The van der Waals surface area contributed by atoms with Gasteiger partial charge in [0.25, 0.3) is 0 Å². The number of nitrogens with zero attached hydrogens (tertiary/aromatic N) is 4. The van der Waals surface area contributed by atoms with Crippen molar-refractivity contribution in [1.82, 2.24) is 25.2 Å². The van der Waals surface area contributed by atoms with Crippen LogP contribution < -0.4 is 10.6 Å². The molecule has 136 valence electrons. The van der Waals surface area contributed by atoms with E-state index in [1.807, 2.05) is 27.8 Å². The first-order valence-electron chi connectivity index (χ1n) is 8.80. The van der Waals surface area contributed by atoms with Gasteiger partial charge in [-0.3, -0.25) is 10.1 Å². The molecule has 0 radical (unpaired) electrons. The van der Waals surface area contributed by atoms with Gasteiger partial charge in [0.05, 0.1) is 5.69 Å². The molecule has 3 heterocycles. The maximum absolute atomic E-state index is 12.4. The van der Waals surface area contributed by atoms with E-state index in [-0.39, 0.29) is 11.8 Å². The fourth-order valence-electron chi connectivity index (χ4n) is 3.52. The first-order chi connectivity index (χ1) is 12.0. The van der Waals surface area contributed by atoms with Crippen molar-refractivity contribution in [3.63, 3.8) is 0 Å². The van der Waals surface area contributed by atoms with Gasteiger partial charge in [0.1, 0.15) is 5.76 Å². The molecule has 0 bridgehead atoms. The molecule has 0 spiro atoms. The molecular formula is C17H26N6O2. The van der Waals surface area contributed by atoms with E-state index in [0.717, 1.165) is 48.8 Å². The van der Waals surface area contributed by atoms with Crippen LogP contribution in [0.5, 0.6) is 0 Å². The number of rotatable bonds is 5. The number of aromatic nitrogens is 4. The van der Waals surface area contributed by atoms with Gasteiger partial charge in [-0.25, -0.2) is 4.68 Å². The second-order valence-corrected chi connectivity index (χ2v) is 6.83. The fraction of sp³-hybridized carbons (Fsp3) is 0.647. The highest BCUT2D eigenvalue weighted by atomic mass is 16.5. The molecule has 1 saturated heterocycles. The Balaban J connectivity index is 1.64. The Morgan fingerprint density at radius 2 is 2.12 bits per heavy atom. The number of carbonyl (C=O) groups is 1. The third-order valence-corrected chi connectivity index (χ3v) is 4.81. The Kier molecular flexibility index (Phi) is 5.17. The standard InChI is InChI=1S/C17H26N6O2/c1-10(15-11(2)22-25-12(15)3)9-14(24)19-17-20-16(21-23(17)4)13-5-7-18-8-6-13/h10,13,18H,5-9H2,1-4H3,(H,19,20,21,24). The summed E-state index contributed by atoms with van der Waals surface area (Å²) in [6, 6.07) is 0. The molecule has 1 atom stereocenters. The van der Waals surface area contributed by atoms with Crippen LogP contribution in [-0.4, -0.2) is 38.9 Å². The van der Waals surface area contributed by atoms with Crippen LogP contribution in [-0.2, 0) is 11.8 Å². The highest BCUT2D eigenvalue weighted by molar-refractivity contribution is 5.89. The second kappa shape index (κ2) is 7.35. The van der Waals surface area contributed by atoms with Crippen LogP contribution in [0.25, 0.3) is 0 Å². The fourth-order valence-corrected chi connectivity index (χ4v) is 3.52. The minimum absolute atomic E-state index is 0.0309. The van der Waals surface area contributed by atoms with Crippen molar-refractivity contribution in [1.29, 1.82) is 0 Å². The van der Waals surface area contributed by atoms with E-state index >= 15 is 0 Å². The topological polar surface area (TPSA) is 97.9 Å². The largest absolute Gasteiger partial charge is 0.361 e. The van der Waals surface area contributed by atoms with Crippen LogP contribution in [0.15, 0.2) is 4.52 Å². The molecule has 0 saturated carbocycles. The Morgan fingerprint density at radius 1 is 1.40 bits per heavy atom. The van der Waals surface area contributed by atoms with Gasteiger partial charge in [-0.15, -0.1) is 0 Å². The van der Waals surface area contributed by atoms with Crippen molar-refractivity contribution in [3.05, 3.63) is 22.8 Å². The zero-order valence-corrected chi connectivity index (χ0v) is 15.3. The average molecular weight is 346 g/mol. The molecule has 3 rings (SSSR count). The molecule has 8 heteroatoms. The lowest BCUT2D eigenvalue weighted by atomic mass is 9.96. The smallest absolute Gasteiger partial charge is 0.227 e. The zero-order valence-electron chi connectivity index (χ0n) is 15.3. The van der Waals surface area contributed by atoms with Gasteiger partial charge in [0, 0.05) is 24.9 Å². The summed E-state index contributed by atoms with van der Waals surface area (Å²) in [6.07, 6.45) is 2.40. The molecule has 2 aromatic heterocycles. The van der Waals surface area contributed by atoms with E-state index < -0.39 is 0 Å². The van der Waals surface area contributed by atoms with E-state index in [9.17, 15) is 4.79 Å². The maximum atomic E-state index is 12.4. The average Bonchev–Trinajstić information content (AvgIpc) is 3.11. The Bertz CT molecular complexity index is 725. The van der Waals surface area contributed by atoms with Gasteiger partial charge in [-0.2, -0.15) is 10.1 Å². The SMILES string of the molecule is Cc1noc(C)c1C(C)CC(=O)Nc1nc(C2CCNCC2)nn1C. The number of hydrogen-bond donors (Lipinski definition) is 2. The van der Waals surface area contributed by atoms with E-state index in [4.69, 9.17) is 4.52 Å². The number of hydrogen-bond acceptors (Lipinski definition) is 6. The third kappa shape index (κ3) is 3.89. The third-order valence-electron chi connectivity index (χ3n) is 4.81. The van der Waals surface area contributed by atoms with Crippen molar-refractivity contribution in [3.8, 4) is 0 Å². The summed E-state index contributed by atoms with van der Waals surface area (Å²) in [5, 5.41) is 14.7. The lowest BCUT2D eigenvalue weighted by molar-refractivity contribution is -0.116. The number of aryl methyl sites for hydroxylation is 3. The summed E-state index contributed by atoms with van der Waals surface area (Å²) in [7, 11) is 1.81. The minimum Gasteiger partial charge on any atom is -0.361 e. The van der Waals surface area contributed by atoms with E-state index in [0.29, 0.717) is 18.3 Å². The molecule has 25 heavy (non-hydrogen) atoms. The normalized spacial score (nSPS) is 16.8. The monoisotopic (exact) mass is 346 g/mol. The van der Waals surface area contributed by atoms with Crippen molar-refractivity contribution in [2.24, 2.45) is 7.05 Å². The summed E-state index contributed by atoms with van der Waals surface area (Å²) < 4.78 is 6.84. The van der Waals surface area contributed by atoms with Crippen LogP contribution in [0.1, 0.15) is 60.9 Å². The van der Waals surface area contributed by atoms with Gasteiger partial charge < -0.3 is 9.84 Å². The Hall–Kier alpha value is -2.22. The lowest BCUT2D eigenvalue weighted by Gasteiger charge is -2.19. The first-order valence-corrected chi connectivity index (χ1v) is 8.80. The highest BCUT2D eigenvalue weighted by Crippen LogP contribution is 2.27. The molecule has 2 aromatic rings. The maximum Gasteiger partial charge on any atom is 0.227 e. The molecule has 1 amide bonds. The Morgan fingerprint density at radius 3 is 2.76 bits per heavy atom. The molecule has 1 unspecified atom stereocenters. The predicted molar refractivity (Wildman–Crippen MR) is 93.5 cm³/mol. The van der Waals surface area contributed by atoms with Gasteiger partial charge in [-0.1, -0.05) is 12.1 Å². The summed E-state index contributed by atoms with van der Waals surface area (Å²) in [5.41, 5.74) is 1.84. The van der Waals surface area contributed by atoms with Crippen LogP contribution >= 0.6 is 0 Å². The van der Waals surface area contributed by atoms with Crippen molar-refractivity contribution < 1.29 is 9.32 Å². The molecule has 8 nitrogen and oxygen atoms in total. The van der Waals surface area contributed by atoms with Gasteiger partial charge in [0.2, 0.25) is 11.9 Å². The quantitative estimate of drug-likeness (QED) is 0.859. The van der Waals surface area contributed by atoms with Crippen molar-refractivity contribution in [2.75, 3.05) is 18.4 Å². The van der Waals surface area contributed by atoms with Crippen LogP contribution in [0.3, 0.4) is 0 Å². The summed E-state index contributed by atoms with van der Waals surface area (Å²) in [4.78, 5) is 17.0. The summed E-state index contributed by atoms with van der Waals surface area (Å²) in [5.74, 6) is 2.40. The molecule has 1 fully saturated rings. The first kappa shape index (κ1) is 17.6. The molecule has 0 aromatic carbocycles. The molecule has 1 aliphatic heterocycles. The number of nitrogens with one attached hydrogen (secondary N) is 2. The van der Waals surface area contributed by atoms with E-state index in [1.165, 1.54) is 0 Å². The van der Waals surface area contributed by atoms with Gasteiger partial charge in [0.15, 0.2) is 5.82 Å². The molecule has 1 aliphatic rings. The zero-order chi connectivity index (χ0) is 18.0. The highest BCUT2D eigenvalue weighted by Gasteiger charge is 2.23. The Labute approximate surface area is 147 Å². The van der Waals surface area contributed by atoms with Crippen LogP contribution in [0, 0.1) is 13.8 Å². The summed E-state index contributed by atoms with van der Waals surface area (Å²) >= 11 is 0. The van der Waals surface area contributed by atoms with Gasteiger partial charge >= 0.3 is 0 Å².